The van der Waals surface area contributed by atoms with Crippen molar-refractivity contribution < 1.29 is 23.9 Å². The van der Waals surface area contributed by atoms with Crippen molar-refractivity contribution in [2.24, 2.45) is 0 Å². The van der Waals surface area contributed by atoms with Crippen LogP contribution in [0.4, 0.5) is 0 Å². The highest BCUT2D eigenvalue weighted by Gasteiger charge is 2.33. The van der Waals surface area contributed by atoms with Gasteiger partial charge in [-0.25, -0.2) is 0 Å². The summed E-state index contributed by atoms with van der Waals surface area (Å²) in [6.07, 6.45) is 3.44. The first-order valence-corrected chi connectivity index (χ1v) is 12.2. The monoisotopic (exact) mass is 500 g/mol. The highest BCUT2D eigenvalue weighted by atomic mass is 16.5. The van der Waals surface area contributed by atoms with Gasteiger partial charge in [-0.3, -0.25) is 19.4 Å². The largest absolute Gasteiger partial charge is 0.488 e. The summed E-state index contributed by atoms with van der Waals surface area (Å²) in [4.78, 5) is 43.7. The van der Waals surface area contributed by atoms with Gasteiger partial charge in [0.2, 0.25) is 5.91 Å². The van der Waals surface area contributed by atoms with E-state index in [4.69, 9.17) is 9.47 Å². The smallest absolute Gasteiger partial charge is 0.258 e. The van der Waals surface area contributed by atoms with Crippen molar-refractivity contribution in [3.63, 3.8) is 0 Å². The summed E-state index contributed by atoms with van der Waals surface area (Å²) >= 11 is 0. The van der Waals surface area contributed by atoms with Gasteiger partial charge in [-0.05, 0) is 41.5 Å². The molecule has 9 heteroatoms. The molecule has 3 amide bonds. The Balaban J connectivity index is 1.47. The van der Waals surface area contributed by atoms with Gasteiger partial charge in [0, 0.05) is 50.9 Å². The number of hydrogen-bond acceptors (Lipinski definition) is 6. The summed E-state index contributed by atoms with van der Waals surface area (Å²) in [5.74, 6) is 0.604. The minimum absolute atomic E-state index is 0.0451. The summed E-state index contributed by atoms with van der Waals surface area (Å²) in [6, 6.07) is 16.1. The quantitative estimate of drug-likeness (QED) is 0.491. The van der Waals surface area contributed by atoms with Crippen LogP contribution >= 0.6 is 0 Å². The van der Waals surface area contributed by atoms with Crippen LogP contribution in [0.15, 0.2) is 67.0 Å². The summed E-state index contributed by atoms with van der Waals surface area (Å²) in [7, 11) is 0. The normalized spacial score (nSPS) is 20.0. The van der Waals surface area contributed by atoms with E-state index in [9.17, 15) is 14.4 Å². The minimum Gasteiger partial charge on any atom is -0.488 e. The Labute approximate surface area is 214 Å². The molecular formula is C28H28N4O5. The molecule has 6 bridgehead atoms. The van der Waals surface area contributed by atoms with E-state index in [1.54, 1.807) is 29.3 Å². The second kappa shape index (κ2) is 10.7. The maximum Gasteiger partial charge on any atom is 0.258 e. The van der Waals surface area contributed by atoms with Gasteiger partial charge in [0.15, 0.2) is 6.61 Å². The molecule has 3 aliphatic rings. The third kappa shape index (κ3) is 5.88. The van der Waals surface area contributed by atoms with Crippen molar-refractivity contribution >= 4 is 17.7 Å². The summed E-state index contributed by atoms with van der Waals surface area (Å²) in [6.45, 7) is 2.66. The van der Waals surface area contributed by atoms with E-state index in [0.29, 0.717) is 43.1 Å². The Morgan fingerprint density at radius 2 is 1.81 bits per heavy atom. The summed E-state index contributed by atoms with van der Waals surface area (Å²) in [5, 5.41) is 5.93. The zero-order chi connectivity index (χ0) is 25.8. The third-order valence-electron chi connectivity index (χ3n) is 6.55. The Bertz CT molecular complexity index is 1310. The molecule has 0 spiro atoms. The Morgan fingerprint density at radius 3 is 2.62 bits per heavy atom. The zero-order valence-electron chi connectivity index (χ0n) is 20.5. The van der Waals surface area contributed by atoms with E-state index in [0.717, 1.165) is 16.7 Å². The molecule has 190 valence electrons. The maximum absolute atomic E-state index is 13.3. The lowest BCUT2D eigenvalue weighted by molar-refractivity contribution is -0.131. The van der Waals surface area contributed by atoms with Gasteiger partial charge in [0.25, 0.3) is 11.8 Å². The molecule has 3 aliphatic heterocycles. The highest BCUT2D eigenvalue weighted by molar-refractivity contribution is 5.95. The molecule has 4 heterocycles. The number of likely N-dealkylation sites (tertiary alicyclic amines) is 1. The van der Waals surface area contributed by atoms with Gasteiger partial charge in [0.1, 0.15) is 17.6 Å². The maximum atomic E-state index is 13.3. The number of rotatable bonds is 0. The standard InChI is InChI=1S/C28H28N4O5/c1-18(33)32-10-9-26-25(16-32)31-28(35)22-11-21(14-29-15-22)20-3-2-4-24(12-20)36-17-27(34)30-13-19-5-7-23(37-26)8-6-19/h2-8,11-12,14-15,25-26H,9-10,13,16-17H2,1H3,(H,30,34)(H,31,35)/t25-,26+/m1/s1. The molecule has 37 heavy (non-hydrogen) atoms. The predicted octanol–water partition coefficient (Wildman–Crippen LogP) is 2.56. The van der Waals surface area contributed by atoms with Crippen molar-refractivity contribution in [3.8, 4) is 22.6 Å². The fourth-order valence-electron chi connectivity index (χ4n) is 4.50. The Morgan fingerprint density at radius 1 is 1.00 bits per heavy atom. The fraction of sp³-hybridized carbons (Fsp3) is 0.286. The second-order valence-electron chi connectivity index (χ2n) is 9.19. The molecule has 6 rings (SSSR count). The topological polar surface area (TPSA) is 110 Å². The fourth-order valence-corrected chi connectivity index (χ4v) is 4.50. The number of benzene rings is 2. The molecule has 2 atom stereocenters. The molecular weight excluding hydrogens is 472 g/mol. The van der Waals surface area contributed by atoms with Gasteiger partial charge >= 0.3 is 0 Å². The predicted molar refractivity (Wildman–Crippen MR) is 136 cm³/mol. The van der Waals surface area contributed by atoms with Crippen LogP contribution < -0.4 is 20.1 Å². The summed E-state index contributed by atoms with van der Waals surface area (Å²) < 4.78 is 11.9. The molecule has 1 saturated heterocycles. The molecule has 0 saturated carbocycles. The van der Waals surface area contributed by atoms with E-state index in [-0.39, 0.29) is 30.4 Å². The number of amides is 3. The molecule has 0 aliphatic carbocycles. The lowest BCUT2D eigenvalue weighted by Gasteiger charge is -2.38. The van der Waals surface area contributed by atoms with E-state index in [1.807, 2.05) is 36.4 Å². The van der Waals surface area contributed by atoms with E-state index in [2.05, 4.69) is 15.6 Å². The van der Waals surface area contributed by atoms with Crippen molar-refractivity contribution in [1.82, 2.24) is 20.5 Å². The number of pyridine rings is 1. The molecule has 0 unspecified atom stereocenters. The van der Waals surface area contributed by atoms with Crippen LogP contribution in [0.2, 0.25) is 0 Å². The number of aromatic nitrogens is 1. The van der Waals surface area contributed by atoms with Gasteiger partial charge in [-0.1, -0.05) is 24.3 Å². The first kappa shape index (κ1) is 24.3. The van der Waals surface area contributed by atoms with Crippen LogP contribution in [-0.4, -0.2) is 59.4 Å². The SMILES string of the molecule is CC(=O)N1CC[C@@H]2Oc3ccc(cc3)CNC(=O)COc3cccc(c3)-c3cncc(c3)C(=O)N[C@@H]2C1. The first-order valence-electron chi connectivity index (χ1n) is 12.2. The molecule has 2 aromatic carbocycles. The van der Waals surface area contributed by atoms with Crippen LogP contribution in [0.1, 0.15) is 29.3 Å². The van der Waals surface area contributed by atoms with Gasteiger partial charge in [-0.15, -0.1) is 0 Å². The van der Waals surface area contributed by atoms with Crippen LogP contribution in [0.5, 0.6) is 11.5 Å². The molecule has 1 aromatic heterocycles. The average Bonchev–Trinajstić information content (AvgIpc) is 2.92. The van der Waals surface area contributed by atoms with Crippen molar-refractivity contribution in [1.29, 1.82) is 0 Å². The molecule has 2 N–H and O–H groups in total. The number of nitrogens with zero attached hydrogens (tertiary/aromatic N) is 2. The molecule has 3 aromatic rings. The molecule has 0 radical (unpaired) electrons. The van der Waals surface area contributed by atoms with E-state index in [1.165, 1.54) is 13.1 Å². The molecule has 1 fully saturated rings. The van der Waals surface area contributed by atoms with Crippen LogP contribution in [0.25, 0.3) is 11.1 Å². The lowest BCUT2D eigenvalue weighted by atomic mass is 10.0. The Hall–Kier alpha value is -4.40. The number of hydrogen-bond donors (Lipinski definition) is 2. The number of carbonyl (C=O) groups is 3. The van der Waals surface area contributed by atoms with Gasteiger partial charge in [0.05, 0.1) is 11.6 Å². The van der Waals surface area contributed by atoms with Crippen LogP contribution in [0, 0.1) is 0 Å². The highest BCUT2D eigenvalue weighted by Crippen LogP contribution is 2.25. The Kier molecular flexibility index (Phi) is 7.02. The van der Waals surface area contributed by atoms with Crippen LogP contribution in [0.3, 0.4) is 0 Å². The van der Waals surface area contributed by atoms with Crippen molar-refractivity contribution in [2.45, 2.75) is 32.0 Å². The lowest BCUT2D eigenvalue weighted by Crippen LogP contribution is -2.57. The second-order valence-corrected chi connectivity index (χ2v) is 9.19. The zero-order valence-corrected chi connectivity index (χ0v) is 20.5. The van der Waals surface area contributed by atoms with Gasteiger partial charge in [-0.2, -0.15) is 0 Å². The number of fused-ring (bicyclic) bond motifs is 7. The van der Waals surface area contributed by atoms with E-state index < -0.39 is 6.04 Å². The van der Waals surface area contributed by atoms with Crippen molar-refractivity contribution in [3.05, 3.63) is 78.1 Å². The number of ether oxygens (including phenoxy) is 2. The van der Waals surface area contributed by atoms with Gasteiger partial charge < -0.3 is 25.0 Å². The third-order valence-corrected chi connectivity index (χ3v) is 6.55. The first-order chi connectivity index (χ1) is 17.9. The van der Waals surface area contributed by atoms with E-state index >= 15 is 0 Å². The summed E-state index contributed by atoms with van der Waals surface area (Å²) in [5.41, 5.74) is 2.84. The minimum atomic E-state index is -0.407. The number of nitrogens with one attached hydrogen (secondary N) is 2. The average molecular weight is 501 g/mol. The number of piperidine rings is 1. The molecule has 9 nitrogen and oxygen atoms in total. The number of carbonyl (C=O) groups excluding carboxylic acids is 3. The van der Waals surface area contributed by atoms with Crippen LogP contribution in [-0.2, 0) is 16.1 Å². The van der Waals surface area contributed by atoms with Crippen molar-refractivity contribution in [2.75, 3.05) is 19.7 Å².